The van der Waals surface area contributed by atoms with Crippen LogP contribution in [0.2, 0.25) is 15.1 Å². The number of ketones is 1. The van der Waals surface area contributed by atoms with E-state index >= 15 is 0 Å². The number of rotatable bonds is 7. The van der Waals surface area contributed by atoms with Gasteiger partial charge >= 0.3 is 0 Å². The average Bonchev–Trinajstić information content (AvgIpc) is 2.83. The molecule has 1 aliphatic heterocycles. The van der Waals surface area contributed by atoms with Crippen LogP contribution in [0.25, 0.3) is 0 Å². The van der Waals surface area contributed by atoms with Crippen LogP contribution in [0.1, 0.15) is 37.8 Å². The van der Waals surface area contributed by atoms with Gasteiger partial charge in [-0.1, -0.05) is 72.4 Å². The van der Waals surface area contributed by atoms with E-state index in [2.05, 4.69) is 0 Å². The highest BCUT2D eigenvalue weighted by molar-refractivity contribution is 6.42. The predicted octanol–water partition coefficient (Wildman–Crippen LogP) is 7.10. The van der Waals surface area contributed by atoms with E-state index in [0.29, 0.717) is 16.7 Å². The van der Waals surface area contributed by atoms with Crippen LogP contribution in [0.15, 0.2) is 52.8 Å². The van der Waals surface area contributed by atoms with E-state index in [1.165, 1.54) is 12.1 Å². The fraction of sp³-hybridized carbons (Fsp3) is 0.308. The third-order valence-corrected chi connectivity index (χ3v) is 7.96. The van der Waals surface area contributed by atoms with E-state index in [1.54, 1.807) is 38.1 Å². The summed E-state index contributed by atoms with van der Waals surface area (Å²) in [7, 11) is 0. The number of aliphatic hydroxyl groups is 1. The number of allylic oxidation sites excluding steroid dienone is 1. The third kappa shape index (κ3) is 4.45. The number of hydrogen-bond donors (Lipinski definition) is 2. The first kappa shape index (κ1) is 26.7. The molecular formula is C26H22Cl4O6. The van der Waals surface area contributed by atoms with Gasteiger partial charge in [-0.15, -0.1) is 0 Å². The molecule has 2 aromatic carbocycles. The molecule has 0 aromatic heterocycles. The summed E-state index contributed by atoms with van der Waals surface area (Å²) in [6.45, 7) is 3.89. The number of phenols is 1. The van der Waals surface area contributed by atoms with Crippen LogP contribution in [-0.2, 0) is 19.9 Å². The number of halogens is 4. The Kier molecular flexibility index (Phi) is 7.54. The van der Waals surface area contributed by atoms with E-state index in [9.17, 15) is 19.8 Å². The zero-order chi connectivity index (χ0) is 26.4. The minimum absolute atomic E-state index is 0.00163. The van der Waals surface area contributed by atoms with Gasteiger partial charge in [-0.25, -0.2) is 0 Å². The van der Waals surface area contributed by atoms with Gasteiger partial charge < -0.3 is 19.7 Å². The van der Waals surface area contributed by atoms with Gasteiger partial charge in [0, 0.05) is 29.5 Å². The van der Waals surface area contributed by atoms with Gasteiger partial charge in [0.05, 0.1) is 21.0 Å². The molecule has 0 fully saturated rings. The lowest BCUT2D eigenvalue weighted by molar-refractivity contribution is -0.149. The molecule has 0 saturated carbocycles. The second kappa shape index (κ2) is 10.2. The molecule has 0 radical (unpaired) electrons. The Morgan fingerprint density at radius 2 is 1.83 bits per heavy atom. The summed E-state index contributed by atoms with van der Waals surface area (Å²) in [5, 5.41) is 21.6. The van der Waals surface area contributed by atoms with Crippen LogP contribution in [0.4, 0.5) is 0 Å². The second-order valence-corrected chi connectivity index (χ2v) is 10.6. The Labute approximate surface area is 228 Å². The number of Topliss-reactive ketones (excluding diaryl/α,β-unsaturated/α-hetero) is 1. The molecule has 3 atom stereocenters. The molecule has 0 amide bonds. The number of carbonyl (C=O) groups excluding carboxylic acids is 2. The van der Waals surface area contributed by atoms with E-state index in [-0.39, 0.29) is 68.4 Å². The lowest BCUT2D eigenvalue weighted by atomic mass is 9.68. The smallest absolute Gasteiger partial charge is 0.294 e. The van der Waals surface area contributed by atoms with E-state index < -0.39 is 17.6 Å². The molecule has 190 valence electrons. The molecule has 2 aliphatic rings. The topological polar surface area (TPSA) is 93.1 Å². The minimum Gasteiger partial charge on any atom is -0.506 e. The monoisotopic (exact) mass is 570 g/mol. The molecule has 0 spiro atoms. The molecular weight excluding hydrogens is 550 g/mol. The number of benzene rings is 2. The van der Waals surface area contributed by atoms with Crippen LogP contribution in [0.5, 0.6) is 11.5 Å². The van der Waals surface area contributed by atoms with Gasteiger partial charge in [-0.05, 0) is 30.2 Å². The van der Waals surface area contributed by atoms with Gasteiger partial charge in [0.15, 0.2) is 5.60 Å². The summed E-state index contributed by atoms with van der Waals surface area (Å²) in [6, 6.07) is 7.49. The number of aliphatic hydroxyl groups excluding tert-OH is 1. The van der Waals surface area contributed by atoms with Crippen molar-refractivity contribution in [1.29, 1.82) is 0 Å². The minimum atomic E-state index is -1.58. The first-order chi connectivity index (χ1) is 17.0. The molecule has 4 rings (SSSR count). The van der Waals surface area contributed by atoms with Crippen LogP contribution in [-0.4, -0.2) is 28.6 Å². The molecule has 1 aliphatic carbocycles. The number of hydrogen-bond acceptors (Lipinski definition) is 6. The van der Waals surface area contributed by atoms with Gasteiger partial charge in [0.2, 0.25) is 0 Å². The molecule has 1 heterocycles. The summed E-state index contributed by atoms with van der Waals surface area (Å²) >= 11 is 25.4. The lowest BCUT2D eigenvalue weighted by Crippen LogP contribution is -2.51. The van der Waals surface area contributed by atoms with Crippen LogP contribution in [0, 0.1) is 11.8 Å². The molecule has 3 unspecified atom stereocenters. The number of ether oxygens (including phenoxy) is 2. The van der Waals surface area contributed by atoms with Crippen molar-refractivity contribution in [3.05, 3.63) is 79.0 Å². The fourth-order valence-electron chi connectivity index (χ4n) is 4.64. The Morgan fingerprint density at radius 3 is 2.47 bits per heavy atom. The van der Waals surface area contributed by atoms with Gasteiger partial charge in [0.1, 0.15) is 34.2 Å². The van der Waals surface area contributed by atoms with Crippen molar-refractivity contribution in [3.8, 4) is 11.5 Å². The quantitative estimate of drug-likeness (QED) is 0.344. The van der Waals surface area contributed by atoms with Crippen LogP contribution >= 0.6 is 46.4 Å². The first-order valence-corrected chi connectivity index (χ1v) is 12.6. The normalized spacial score (nSPS) is 22.9. The summed E-state index contributed by atoms with van der Waals surface area (Å²) in [5.74, 6) is -1.28. The fourth-order valence-corrected chi connectivity index (χ4v) is 5.40. The summed E-state index contributed by atoms with van der Waals surface area (Å²) in [4.78, 5) is 24.3. The van der Waals surface area contributed by atoms with E-state index in [1.807, 2.05) is 0 Å². The number of phenolic OH excluding ortho intramolecular Hbond substituents is 1. The zero-order valence-corrected chi connectivity index (χ0v) is 22.3. The maximum absolute atomic E-state index is 12.3. The van der Waals surface area contributed by atoms with Gasteiger partial charge in [-0.3, -0.25) is 9.59 Å². The highest BCUT2D eigenvalue weighted by Gasteiger charge is 2.56. The van der Waals surface area contributed by atoms with Crippen molar-refractivity contribution in [3.63, 3.8) is 0 Å². The maximum atomic E-state index is 12.3. The van der Waals surface area contributed by atoms with Crippen LogP contribution < -0.4 is 4.74 Å². The average molecular weight is 572 g/mol. The van der Waals surface area contributed by atoms with Crippen molar-refractivity contribution in [2.45, 2.75) is 38.4 Å². The third-order valence-electron chi connectivity index (χ3n) is 6.53. The first-order valence-electron chi connectivity index (χ1n) is 11.1. The largest absolute Gasteiger partial charge is 0.506 e. The second-order valence-electron chi connectivity index (χ2n) is 8.95. The molecule has 2 N–H and O–H groups in total. The van der Waals surface area contributed by atoms with Crippen molar-refractivity contribution in [2.24, 2.45) is 11.8 Å². The van der Waals surface area contributed by atoms with Crippen molar-refractivity contribution < 1.29 is 29.3 Å². The predicted molar refractivity (Wildman–Crippen MR) is 138 cm³/mol. The van der Waals surface area contributed by atoms with Crippen molar-refractivity contribution >= 4 is 58.7 Å². The summed E-state index contributed by atoms with van der Waals surface area (Å²) in [6.07, 6.45) is 1.08. The Balaban J connectivity index is 1.98. The molecule has 36 heavy (non-hydrogen) atoms. The van der Waals surface area contributed by atoms with Crippen molar-refractivity contribution in [2.75, 3.05) is 0 Å². The summed E-state index contributed by atoms with van der Waals surface area (Å²) < 4.78 is 12.0. The number of carbonyl (C=O) groups is 2. The molecule has 10 heteroatoms. The van der Waals surface area contributed by atoms with E-state index in [4.69, 9.17) is 55.9 Å². The number of aromatic hydroxyl groups is 1. The van der Waals surface area contributed by atoms with Gasteiger partial charge in [0.25, 0.3) is 6.47 Å². The molecule has 6 nitrogen and oxygen atoms in total. The van der Waals surface area contributed by atoms with Gasteiger partial charge in [-0.2, -0.15) is 0 Å². The SMILES string of the molecule is CC(C)C(=O)CCC1=CC2C(Oc3cc(O)c(Cl)cc3C2(OC=O)c2ccc(Cl)c(Cl)c2)C(Cl)=C1O. The molecule has 2 aromatic rings. The highest BCUT2D eigenvalue weighted by Crippen LogP contribution is 2.56. The molecule has 0 bridgehead atoms. The number of fused-ring (bicyclic) bond motifs is 2. The maximum Gasteiger partial charge on any atom is 0.294 e. The lowest BCUT2D eigenvalue weighted by Gasteiger charge is -2.48. The Morgan fingerprint density at radius 1 is 1.11 bits per heavy atom. The molecule has 0 saturated heterocycles. The van der Waals surface area contributed by atoms with Crippen molar-refractivity contribution in [1.82, 2.24) is 0 Å². The Hall–Kier alpha value is -2.38. The van der Waals surface area contributed by atoms with Crippen LogP contribution in [0.3, 0.4) is 0 Å². The standard InChI is InChI=1S/C26H22Cl4O6/c1-12(2)20(32)6-3-13-7-16-25(23(30)24(13)34)36-22-10-21(33)19(29)9-15(22)26(16,35-11-31)14-4-5-17(27)18(28)8-14/h4-5,7-12,16,25,33-34H,3,6H2,1-2H3. The summed E-state index contributed by atoms with van der Waals surface area (Å²) in [5.41, 5.74) is -0.410. The Bertz CT molecular complexity index is 1300. The van der Waals surface area contributed by atoms with E-state index in [0.717, 1.165) is 0 Å². The zero-order valence-electron chi connectivity index (χ0n) is 19.2. The highest BCUT2D eigenvalue weighted by atomic mass is 35.5.